The number of hydrogen-bond donors (Lipinski definition) is 1. The molecular formula is C16H23ClN2S. The van der Waals surface area contributed by atoms with E-state index < -0.39 is 0 Å². The molecule has 2 aliphatic heterocycles. The van der Waals surface area contributed by atoms with Crippen molar-refractivity contribution in [3.8, 4) is 0 Å². The molecule has 0 spiro atoms. The lowest BCUT2D eigenvalue weighted by Gasteiger charge is -2.30. The van der Waals surface area contributed by atoms with Crippen molar-refractivity contribution >= 4 is 23.4 Å². The summed E-state index contributed by atoms with van der Waals surface area (Å²) in [4.78, 5) is 3.85. The fraction of sp³-hybridized carbons (Fsp3) is 0.625. The normalized spacial score (nSPS) is 27.9. The number of benzene rings is 1. The van der Waals surface area contributed by atoms with Crippen molar-refractivity contribution in [1.82, 2.24) is 10.2 Å². The van der Waals surface area contributed by atoms with Gasteiger partial charge in [0.15, 0.2) is 0 Å². The minimum absolute atomic E-state index is 0.485. The van der Waals surface area contributed by atoms with Gasteiger partial charge in [0.1, 0.15) is 0 Å². The molecule has 2 aliphatic rings. The number of fused-ring (bicyclic) bond motifs is 1. The predicted molar refractivity (Wildman–Crippen MR) is 87.8 cm³/mol. The van der Waals surface area contributed by atoms with Crippen molar-refractivity contribution < 1.29 is 0 Å². The molecule has 1 saturated heterocycles. The van der Waals surface area contributed by atoms with Crippen LogP contribution in [0.5, 0.6) is 0 Å². The average Bonchev–Trinajstić information content (AvgIpc) is 2.64. The first-order valence-electron chi connectivity index (χ1n) is 7.59. The Kier molecular flexibility index (Phi) is 4.92. The first-order chi connectivity index (χ1) is 9.72. The molecule has 3 rings (SSSR count). The molecular weight excluding hydrogens is 288 g/mol. The predicted octanol–water partition coefficient (Wildman–Crippen LogP) is 3.95. The standard InChI is InChI=1S/C16H23ClN2S/c1-19-8-2-3-13(6-9-19)18-15-7-10-20-16-5-4-12(17)11-14(15)16/h4-5,11,13,15,18H,2-3,6-10H2,1H3. The second-order valence-electron chi connectivity index (χ2n) is 5.97. The van der Waals surface area contributed by atoms with Crippen molar-refractivity contribution in [2.24, 2.45) is 0 Å². The van der Waals surface area contributed by atoms with E-state index in [0.29, 0.717) is 12.1 Å². The van der Waals surface area contributed by atoms with Crippen LogP contribution in [-0.4, -0.2) is 36.8 Å². The quantitative estimate of drug-likeness (QED) is 0.890. The summed E-state index contributed by atoms with van der Waals surface area (Å²) in [5, 5.41) is 4.76. The van der Waals surface area contributed by atoms with Crippen LogP contribution in [0.1, 0.15) is 37.3 Å². The fourth-order valence-electron chi connectivity index (χ4n) is 3.23. The lowest BCUT2D eigenvalue weighted by Crippen LogP contribution is -2.35. The van der Waals surface area contributed by atoms with Gasteiger partial charge in [0, 0.05) is 22.0 Å². The highest BCUT2D eigenvalue weighted by Gasteiger charge is 2.24. The highest BCUT2D eigenvalue weighted by atomic mass is 35.5. The Labute approximate surface area is 131 Å². The molecule has 0 bridgehead atoms. The molecule has 0 radical (unpaired) electrons. The fourth-order valence-corrected chi connectivity index (χ4v) is 4.52. The van der Waals surface area contributed by atoms with E-state index in [1.807, 2.05) is 17.8 Å². The van der Waals surface area contributed by atoms with Crippen molar-refractivity contribution in [3.63, 3.8) is 0 Å². The molecule has 0 amide bonds. The first-order valence-corrected chi connectivity index (χ1v) is 8.95. The van der Waals surface area contributed by atoms with Gasteiger partial charge in [0.05, 0.1) is 0 Å². The van der Waals surface area contributed by atoms with Gasteiger partial charge in [-0.15, -0.1) is 11.8 Å². The summed E-state index contributed by atoms with van der Waals surface area (Å²) in [6.07, 6.45) is 5.07. The van der Waals surface area contributed by atoms with E-state index in [9.17, 15) is 0 Å². The van der Waals surface area contributed by atoms with Crippen LogP contribution in [0.2, 0.25) is 5.02 Å². The molecule has 1 fully saturated rings. The monoisotopic (exact) mass is 310 g/mol. The minimum atomic E-state index is 0.485. The van der Waals surface area contributed by atoms with Gasteiger partial charge in [-0.1, -0.05) is 11.6 Å². The molecule has 2 heterocycles. The van der Waals surface area contributed by atoms with Crippen LogP contribution in [0.15, 0.2) is 23.1 Å². The smallest absolute Gasteiger partial charge is 0.0410 e. The molecule has 2 atom stereocenters. The molecule has 2 nitrogen and oxygen atoms in total. The van der Waals surface area contributed by atoms with E-state index in [2.05, 4.69) is 29.4 Å². The molecule has 4 heteroatoms. The average molecular weight is 311 g/mol. The number of likely N-dealkylation sites (tertiary alicyclic amines) is 1. The molecule has 0 aliphatic carbocycles. The molecule has 1 aromatic rings. The lowest BCUT2D eigenvalue weighted by atomic mass is 10.0. The van der Waals surface area contributed by atoms with E-state index in [1.54, 1.807) is 0 Å². The van der Waals surface area contributed by atoms with Crippen molar-refractivity contribution in [2.45, 2.75) is 42.7 Å². The number of nitrogens with zero attached hydrogens (tertiary/aromatic N) is 1. The third-order valence-electron chi connectivity index (χ3n) is 4.40. The SMILES string of the molecule is CN1CCCC(NC2CCSc3ccc(Cl)cc32)CC1. The Hall–Kier alpha value is -0.220. The molecule has 1 N–H and O–H groups in total. The van der Waals surface area contributed by atoms with E-state index >= 15 is 0 Å². The summed E-state index contributed by atoms with van der Waals surface area (Å²) in [6.45, 7) is 2.45. The number of hydrogen-bond acceptors (Lipinski definition) is 3. The van der Waals surface area contributed by atoms with Gasteiger partial charge >= 0.3 is 0 Å². The lowest BCUT2D eigenvalue weighted by molar-refractivity contribution is 0.337. The maximum Gasteiger partial charge on any atom is 0.0410 e. The Balaban J connectivity index is 1.71. The highest BCUT2D eigenvalue weighted by molar-refractivity contribution is 7.99. The van der Waals surface area contributed by atoms with Crippen LogP contribution in [0.4, 0.5) is 0 Å². The second-order valence-corrected chi connectivity index (χ2v) is 7.54. The zero-order valence-electron chi connectivity index (χ0n) is 12.1. The van der Waals surface area contributed by atoms with Crippen LogP contribution in [0.25, 0.3) is 0 Å². The Morgan fingerprint density at radius 2 is 2.15 bits per heavy atom. The minimum Gasteiger partial charge on any atom is -0.307 e. The van der Waals surface area contributed by atoms with Crippen molar-refractivity contribution in [2.75, 3.05) is 25.9 Å². The highest BCUT2D eigenvalue weighted by Crippen LogP contribution is 2.38. The summed E-state index contributed by atoms with van der Waals surface area (Å²) >= 11 is 8.15. The first kappa shape index (κ1) is 14.7. The summed E-state index contributed by atoms with van der Waals surface area (Å²) in [5.74, 6) is 1.21. The van der Waals surface area contributed by atoms with Crippen LogP contribution < -0.4 is 5.32 Å². The summed E-state index contributed by atoms with van der Waals surface area (Å²) in [6, 6.07) is 7.48. The number of nitrogens with one attached hydrogen (secondary N) is 1. The summed E-state index contributed by atoms with van der Waals surface area (Å²) in [5.41, 5.74) is 1.41. The van der Waals surface area contributed by atoms with Crippen molar-refractivity contribution in [3.05, 3.63) is 28.8 Å². The van der Waals surface area contributed by atoms with Crippen molar-refractivity contribution in [1.29, 1.82) is 0 Å². The van der Waals surface area contributed by atoms with Gasteiger partial charge in [-0.05, 0) is 75.3 Å². The van der Waals surface area contributed by atoms with E-state index in [-0.39, 0.29) is 0 Å². The number of rotatable bonds is 2. The van der Waals surface area contributed by atoms with Crippen LogP contribution in [0.3, 0.4) is 0 Å². The molecule has 0 aromatic heterocycles. The Morgan fingerprint density at radius 1 is 1.25 bits per heavy atom. The van der Waals surface area contributed by atoms with Gasteiger partial charge in [0.2, 0.25) is 0 Å². The molecule has 20 heavy (non-hydrogen) atoms. The van der Waals surface area contributed by atoms with Gasteiger partial charge in [-0.2, -0.15) is 0 Å². The van der Waals surface area contributed by atoms with Gasteiger partial charge in [-0.3, -0.25) is 0 Å². The maximum atomic E-state index is 6.19. The third-order valence-corrected chi connectivity index (χ3v) is 5.76. The third kappa shape index (κ3) is 3.51. The van der Waals surface area contributed by atoms with E-state index in [0.717, 1.165) is 5.02 Å². The van der Waals surface area contributed by atoms with Gasteiger partial charge < -0.3 is 10.2 Å². The molecule has 110 valence electrons. The van der Waals surface area contributed by atoms with Crippen LogP contribution in [0, 0.1) is 0 Å². The largest absolute Gasteiger partial charge is 0.307 e. The number of thioether (sulfide) groups is 1. The van der Waals surface area contributed by atoms with Gasteiger partial charge in [0.25, 0.3) is 0 Å². The number of halogens is 1. The zero-order chi connectivity index (χ0) is 13.9. The second kappa shape index (κ2) is 6.69. The van der Waals surface area contributed by atoms with Crippen LogP contribution in [-0.2, 0) is 0 Å². The summed E-state index contributed by atoms with van der Waals surface area (Å²) < 4.78 is 0. The summed E-state index contributed by atoms with van der Waals surface area (Å²) in [7, 11) is 2.23. The van der Waals surface area contributed by atoms with E-state index in [4.69, 9.17) is 11.6 Å². The van der Waals surface area contributed by atoms with Crippen LogP contribution >= 0.6 is 23.4 Å². The topological polar surface area (TPSA) is 15.3 Å². The van der Waals surface area contributed by atoms with Gasteiger partial charge in [-0.25, -0.2) is 0 Å². The molecule has 0 saturated carbocycles. The zero-order valence-corrected chi connectivity index (χ0v) is 13.6. The molecule has 1 aromatic carbocycles. The maximum absolute atomic E-state index is 6.19. The Morgan fingerprint density at radius 3 is 3.05 bits per heavy atom. The van der Waals surface area contributed by atoms with E-state index in [1.165, 1.54) is 55.0 Å². The molecule has 2 unspecified atom stereocenters. The Bertz CT molecular complexity index is 466.